The second kappa shape index (κ2) is 7.69. The second-order valence-electron chi connectivity index (χ2n) is 7.85. The van der Waals surface area contributed by atoms with Crippen LogP contribution in [0.4, 0.5) is 5.69 Å². The first kappa shape index (κ1) is 18.6. The van der Waals surface area contributed by atoms with Gasteiger partial charge in [-0.1, -0.05) is 30.7 Å². The van der Waals surface area contributed by atoms with Crippen molar-refractivity contribution in [2.24, 2.45) is 0 Å². The number of nitrogens with zero attached hydrogens (tertiary/aromatic N) is 3. The van der Waals surface area contributed by atoms with Crippen molar-refractivity contribution in [3.63, 3.8) is 0 Å². The predicted molar refractivity (Wildman–Crippen MR) is 116 cm³/mol. The number of hydrogen-bond donors (Lipinski definition) is 1. The van der Waals surface area contributed by atoms with E-state index in [1.165, 1.54) is 27.7 Å². The van der Waals surface area contributed by atoms with Crippen LogP contribution < -0.4 is 4.90 Å². The number of fused-ring (bicyclic) bond motifs is 1. The van der Waals surface area contributed by atoms with Crippen molar-refractivity contribution in [2.45, 2.75) is 33.2 Å². The number of nitriles is 1. The molecule has 0 amide bonds. The molecule has 2 heterocycles. The van der Waals surface area contributed by atoms with Gasteiger partial charge in [0.15, 0.2) is 0 Å². The van der Waals surface area contributed by atoms with Crippen molar-refractivity contribution in [1.29, 1.82) is 5.26 Å². The molecule has 0 saturated carbocycles. The number of rotatable bonds is 4. The van der Waals surface area contributed by atoms with Crippen LogP contribution in [0, 0.1) is 25.2 Å². The molecule has 4 nitrogen and oxygen atoms in total. The third-order valence-electron chi connectivity index (χ3n) is 5.96. The van der Waals surface area contributed by atoms with E-state index >= 15 is 0 Å². The van der Waals surface area contributed by atoms with Gasteiger partial charge in [-0.25, -0.2) is 0 Å². The molecule has 1 N–H and O–H groups in total. The Bertz CT molecular complexity index is 1020. The van der Waals surface area contributed by atoms with Crippen LogP contribution in [0.15, 0.2) is 42.5 Å². The minimum atomic E-state index is 0.403. The number of piperazine rings is 1. The molecule has 4 rings (SSSR count). The highest BCUT2D eigenvalue weighted by atomic mass is 15.3. The summed E-state index contributed by atoms with van der Waals surface area (Å²) in [7, 11) is 0. The van der Waals surface area contributed by atoms with Gasteiger partial charge in [0.2, 0.25) is 0 Å². The Morgan fingerprint density at radius 3 is 2.54 bits per heavy atom. The molecule has 1 aliphatic rings. The fourth-order valence-electron chi connectivity index (χ4n) is 4.61. The molecular formula is C24H28N4. The van der Waals surface area contributed by atoms with Crippen molar-refractivity contribution in [2.75, 3.05) is 31.1 Å². The van der Waals surface area contributed by atoms with Gasteiger partial charge >= 0.3 is 0 Å². The molecule has 1 unspecified atom stereocenters. The first-order valence-corrected chi connectivity index (χ1v) is 10.2. The lowest BCUT2D eigenvalue weighted by Gasteiger charge is -2.40. The zero-order valence-electron chi connectivity index (χ0n) is 17.0. The Morgan fingerprint density at radius 2 is 1.82 bits per heavy atom. The van der Waals surface area contributed by atoms with Crippen LogP contribution in [0.5, 0.6) is 0 Å². The summed E-state index contributed by atoms with van der Waals surface area (Å²) < 4.78 is 0. The fraction of sp³-hybridized carbons (Fsp3) is 0.375. The summed E-state index contributed by atoms with van der Waals surface area (Å²) in [5.41, 5.74) is 7.04. The normalized spacial score (nSPS) is 16.3. The smallest absolute Gasteiger partial charge is 0.101 e. The standard InChI is InChI=1S/C24H28N4/c1-4-22(21-15-20-14-17(2)13-18(3)24(20)26-21)27-9-11-28(12-10-27)23-8-6-5-7-19(23)16-25/h5-8,13-15,22,26H,4,9-12H2,1-3H3. The molecule has 0 aliphatic carbocycles. The predicted octanol–water partition coefficient (Wildman–Crippen LogP) is 4.93. The number of anilines is 1. The maximum atomic E-state index is 9.40. The highest BCUT2D eigenvalue weighted by Crippen LogP contribution is 2.31. The number of aryl methyl sites for hydroxylation is 2. The Labute approximate surface area is 167 Å². The van der Waals surface area contributed by atoms with Crippen molar-refractivity contribution in [3.8, 4) is 6.07 Å². The molecule has 1 aliphatic heterocycles. The minimum Gasteiger partial charge on any atom is -0.368 e. The fourth-order valence-corrected chi connectivity index (χ4v) is 4.61. The van der Waals surface area contributed by atoms with Crippen LogP contribution >= 0.6 is 0 Å². The number of nitrogens with one attached hydrogen (secondary N) is 1. The van der Waals surface area contributed by atoms with Crippen molar-refractivity contribution < 1.29 is 0 Å². The number of aromatic nitrogens is 1. The summed E-state index contributed by atoms with van der Waals surface area (Å²) in [4.78, 5) is 8.63. The molecule has 144 valence electrons. The van der Waals surface area contributed by atoms with Gasteiger partial charge in [0.1, 0.15) is 6.07 Å². The zero-order chi connectivity index (χ0) is 19.7. The molecule has 1 saturated heterocycles. The largest absolute Gasteiger partial charge is 0.368 e. The molecule has 1 fully saturated rings. The lowest BCUT2D eigenvalue weighted by atomic mass is 10.1. The van der Waals surface area contributed by atoms with Crippen LogP contribution in [-0.4, -0.2) is 36.1 Å². The van der Waals surface area contributed by atoms with Gasteiger partial charge in [0, 0.05) is 48.8 Å². The Morgan fingerprint density at radius 1 is 1.07 bits per heavy atom. The van der Waals surface area contributed by atoms with E-state index in [1.807, 2.05) is 18.2 Å². The van der Waals surface area contributed by atoms with Crippen molar-refractivity contribution >= 4 is 16.6 Å². The average Bonchev–Trinajstić information content (AvgIpc) is 3.13. The van der Waals surface area contributed by atoms with E-state index in [4.69, 9.17) is 0 Å². The minimum absolute atomic E-state index is 0.403. The Hall–Kier alpha value is -2.77. The van der Waals surface area contributed by atoms with E-state index in [0.29, 0.717) is 6.04 Å². The molecule has 0 radical (unpaired) electrons. The van der Waals surface area contributed by atoms with E-state index < -0.39 is 0 Å². The summed E-state index contributed by atoms with van der Waals surface area (Å²) in [6, 6.07) is 17.5. The monoisotopic (exact) mass is 372 g/mol. The van der Waals surface area contributed by atoms with Crippen LogP contribution in [0.25, 0.3) is 10.9 Å². The molecule has 0 spiro atoms. The molecule has 1 aromatic heterocycles. The van der Waals surface area contributed by atoms with Crippen LogP contribution in [-0.2, 0) is 0 Å². The number of aromatic amines is 1. The Balaban J connectivity index is 1.53. The molecule has 2 aromatic carbocycles. The number of hydrogen-bond acceptors (Lipinski definition) is 3. The molecule has 4 heteroatoms. The first-order valence-electron chi connectivity index (χ1n) is 10.2. The van der Waals surface area contributed by atoms with E-state index in [-0.39, 0.29) is 0 Å². The van der Waals surface area contributed by atoms with Gasteiger partial charge in [-0.15, -0.1) is 0 Å². The average molecular weight is 373 g/mol. The SMILES string of the molecule is CCC(c1cc2cc(C)cc(C)c2[nH]1)N1CCN(c2ccccc2C#N)CC1. The summed E-state index contributed by atoms with van der Waals surface area (Å²) in [6.45, 7) is 10.5. The highest BCUT2D eigenvalue weighted by molar-refractivity contribution is 5.84. The topological polar surface area (TPSA) is 46.1 Å². The maximum Gasteiger partial charge on any atom is 0.101 e. The zero-order valence-corrected chi connectivity index (χ0v) is 17.0. The molecule has 0 bridgehead atoms. The maximum absolute atomic E-state index is 9.40. The lowest BCUT2D eigenvalue weighted by Crippen LogP contribution is -2.47. The first-order chi connectivity index (χ1) is 13.6. The van der Waals surface area contributed by atoms with E-state index in [2.05, 4.69) is 65.9 Å². The van der Waals surface area contributed by atoms with Gasteiger partial charge in [-0.3, -0.25) is 4.90 Å². The Kier molecular flexibility index (Phi) is 5.11. The lowest BCUT2D eigenvalue weighted by molar-refractivity contribution is 0.178. The van der Waals surface area contributed by atoms with E-state index in [1.54, 1.807) is 0 Å². The molecule has 28 heavy (non-hydrogen) atoms. The number of para-hydroxylation sites is 1. The van der Waals surface area contributed by atoms with Gasteiger partial charge in [-0.2, -0.15) is 5.26 Å². The molecule has 1 atom stereocenters. The summed E-state index contributed by atoms with van der Waals surface area (Å²) in [5, 5.41) is 10.7. The molecule has 3 aromatic rings. The van der Waals surface area contributed by atoms with Crippen LogP contribution in [0.1, 0.15) is 41.8 Å². The van der Waals surface area contributed by atoms with Crippen molar-refractivity contribution in [1.82, 2.24) is 9.88 Å². The summed E-state index contributed by atoms with van der Waals surface area (Å²) >= 11 is 0. The second-order valence-corrected chi connectivity index (χ2v) is 7.85. The third-order valence-corrected chi connectivity index (χ3v) is 5.96. The highest BCUT2D eigenvalue weighted by Gasteiger charge is 2.26. The van der Waals surface area contributed by atoms with E-state index in [0.717, 1.165) is 43.9 Å². The third kappa shape index (κ3) is 3.39. The molecular weight excluding hydrogens is 344 g/mol. The van der Waals surface area contributed by atoms with Gasteiger partial charge < -0.3 is 9.88 Å². The summed E-state index contributed by atoms with van der Waals surface area (Å²) in [6.07, 6.45) is 1.08. The van der Waals surface area contributed by atoms with Crippen LogP contribution in [0.2, 0.25) is 0 Å². The quantitative estimate of drug-likeness (QED) is 0.706. The van der Waals surface area contributed by atoms with Gasteiger partial charge in [0.25, 0.3) is 0 Å². The van der Waals surface area contributed by atoms with Crippen LogP contribution in [0.3, 0.4) is 0 Å². The van der Waals surface area contributed by atoms with Crippen molar-refractivity contribution in [3.05, 3.63) is 64.8 Å². The van der Waals surface area contributed by atoms with Gasteiger partial charge in [-0.05, 0) is 50.1 Å². The summed E-state index contributed by atoms with van der Waals surface area (Å²) in [5.74, 6) is 0. The number of H-pyrrole nitrogens is 1. The number of benzene rings is 2. The van der Waals surface area contributed by atoms with E-state index in [9.17, 15) is 5.26 Å². The van der Waals surface area contributed by atoms with Gasteiger partial charge in [0.05, 0.1) is 11.3 Å².